The number of hydrogen-bond acceptors (Lipinski definition) is 4. The predicted molar refractivity (Wildman–Crippen MR) is 54.6 cm³/mol. The number of aliphatic hydroxyl groups is 1. The van der Waals surface area contributed by atoms with E-state index >= 15 is 0 Å². The van der Waals surface area contributed by atoms with Crippen LogP contribution in [-0.2, 0) is 5.60 Å². The lowest BCUT2D eigenvalue weighted by atomic mass is 9.96. The number of nitrogens with zero attached hydrogens (tertiary/aromatic N) is 1. The van der Waals surface area contributed by atoms with Gasteiger partial charge in [-0.1, -0.05) is 0 Å². The van der Waals surface area contributed by atoms with Crippen molar-refractivity contribution in [1.82, 2.24) is 0 Å². The first-order chi connectivity index (χ1) is 6.90. The molecule has 0 unspecified atom stereocenters. The minimum atomic E-state index is -1.10. The van der Waals surface area contributed by atoms with Gasteiger partial charge in [0.15, 0.2) is 11.5 Å². The van der Waals surface area contributed by atoms with Gasteiger partial charge in [-0.15, -0.1) is 0 Å². The standard InChI is InChI=1S/C11H13NO3/c1-11(2,14)8-4-7(6-12)10(15-3)9(13)5-8/h4-5,13-14H,1-3H3. The molecule has 0 fully saturated rings. The Labute approximate surface area is 88.4 Å². The number of hydrogen-bond donors (Lipinski definition) is 2. The number of methoxy groups -OCH3 is 1. The van der Waals surface area contributed by atoms with Crippen LogP contribution in [0.15, 0.2) is 12.1 Å². The third-order valence-electron chi connectivity index (χ3n) is 2.10. The van der Waals surface area contributed by atoms with Crippen LogP contribution in [0.2, 0.25) is 0 Å². The highest BCUT2D eigenvalue weighted by Crippen LogP contribution is 2.34. The zero-order valence-corrected chi connectivity index (χ0v) is 8.90. The van der Waals surface area contributed by atoms with Crippen molar-refractivity contribution in [2.24, 2.45) is 0 Å². The summed E-state index contributed by atoms with van der Waals surface area (Å²) < 4.78 is 4.88. The highest BCUT2D eigenvalue weighted by Gasteiger charge is 2.20. The van der Waals surface area contributed by atoms with E-state index in [-0.39, 0.29) is 17.1 Å². The molecule has 80 valence electrons. The zero-order valence-electron chi connectivity index (χ0n) is 8.90. The highest BCUT2D eigenvalue weighted by atomic mass is 16.5. The van der Waals surface area contributed by atoms with Crippen LogP contribution >= 0.6 is 0 Å². The third-order valence-corrected chi connectivity index (χ3v) is 2.10. The molecule has 0 radical (unpaired) electrons. The fourth-order valence-electron chi connectivity index (χ4n) is 1.26. The Morgan fingerprint density at radius 3 is 2.40 bits per heavy atom. The molecule has 0 bridgehead atoms. The molecule has 0 aromatic heterocycles. The van der Waals surface area contributed by atoms with Crippen molar-refractivity contribution in [2.45, 2.75) is 19.4 Å². The van der Waals surface area contributed by atoms with Crippen molar-refractivity contribution >= 4 is 0 Å². The lowest BCUT2D eigenvalue weighted by Crippen LogP contribution is -2.15. The minimum Gasteiger partial charge on any atom is -0.504 e. The van der Waals surface area contributed by atoms with E-state index in [9.17, 15) is 10.2 Å². The van der Waals surface area contributed by atoms with Crippen LogP contribution in [-0.4, -0.2) is 17.3 Å². The lowest BCUT2D eigenvalue weighted by molar-refractivity contribution is 0.0782. The predicted octanol–water partition coefficient (Wildman–Crippen LogP) is 1.50. The van der Waals surface area contributed by atoms with Crippen LogP contribution in [0.25, 0.3) is 0 Å². The fourth-order valence-corrected chi connectivity index (χ4v) is 1.26. The summed E-state index contributed by atoms with van der Waals surface area (Å²) in [5, 5.41) is 28.2. The Kier molecular flexibility index (Phi) is 2.87. The topological polar surface area (TPSA) is 73.5 Å². The molecule has 2 N–H and O–H groups in total. The molecule has 4 heteroatoms. The average Bonchev–Trinajstić information content (AvgIpc) is 2.15. The Morgan fingerprint density at radius 1 is 1.40 bits per heavy atom. The monoisotopic (exact) mass is 207 g/mol. The largest absolute Gasteiger partial charge is 0.504 e. The molecule has 0 heterocycles. The van der Waals surface area contributed by atoms with Crippen LogP contribution in [0.3, 0.4) is 0 Å². The van der Waals surface area contributed by atoms with Gasteiger partial charge >= 0.3 is 0 Å². The van der Waals surface area contributed by atoms with Crippen molar-refractivity contribution in [3.8, 4) is 17.6 Å². The van der Waals surface area contributed by atoms with Crippen molar-refractivity contribution in [3.05, 3.63) is 23.3 Å². The van der Waals surface area contributed by atoms with Gasteiger partial charge in [-0.3, -0.25) is 0 Å². The number of phenols is 1. The first-order valence-electron chi connectivity index (χ1n) is 4.44. The van der Waals surface area contributed by atoms with Gasteiger partial charge in [-0.05, 0) is 31.5 Å². The Hall–Kier alpha value is -1.73. The molecule has 1 aromatic carbocycles. The maximum Gasteiger partial charge on any atom is 0.178 e. The van der Waals surface area contributed by atoms with Gasteiger partial charge in [-0.25, -0.2) is 0 Å². The van der Waals surface area contributed by atoms with E-state index in [2.05, 4.69) is 0 Å². The molecule has 0 amide bonds. The molecule has 1 rings (SSSR count). The van der Waals surface area contributed by atoms with Crippen molar-refractivity contribution in [3.63, 3.8) is 0 Å². The van der Waals surface area contributed by atoms with E-state index in [4.69, 9.17) is 10.00 Å². The second-order valence-electron chi connectivity index (χ2n) is 3.75. The van der Waals surface area contributed by atoms with Crippen molar-refractivity contribution in [1.29, 1.82) is 5.26 Å². The Balaban J connectivity index is 3.41. The van der Waals surface area contributed by atoms with Gasteiger partial charge in [0.2, 0.25) is 0 Å². The average molecular weight is 207 g/mol. The van der Waals surface area contributed by atoms with E-state index in [0.717, 1.165) is 0 Å². The van der Waals surface area contributed by atoms with Crippen LogP contribution in [0.1, 0.15) is 25.0 Å². The van der Waals surface area contributed by atoms with E-state index in [1.54, 1.807) is 13.8 Å². The number of benzene rings is 1. The first kappa shape index (κ1) is 11.3. The number of rotatable bonds is 2. The van der Waals surface area contributed by atoms with Gasteiger partial charge in [0.1, 0.15) is 6.07 Å². The molecule has 0 aliphatic heterocycles. The fraction of sp³-hybridized carbons (Fsp3) is 0.364. The Morgan fingerprint density at radius 2 is 2.00 bits per heavy atom. The van der Waals surface area contributed by atoms with Gasteiger partial charge < -0.3 is 14.9 Å². The molecule has 4 nitrogen and oxygen atoms in total. The second kappa shape index (κ2) is 3.79. The van der Waals surface area contributed by atoms with E-state index in [0.29, 0.717) is 5.56 Å². The summed E-state index contributed by atoms with van der Waals surface area (Å²) in [6.45, 7) is 3.16. The van der Waals surface area contributed by atoms with Gasteiger partial charge in [-0.2, -0.15) is 5.26 Å². The number of ether oxygens (including phenoxy) is 1. The number of phenolic OH excluding ortho intramolecular Hbond substituents is 1. The van der Waals surface area contributed by atoms with E-state index in [1.165, 1.54) is 19.2 Å². The lowest BCUT2D eigenvalue weighted by Gasteiger charge is -2.19. The molecular formula is C11H13NO3. The minimum absolute atomic E-state index is 0.130. The van der Waals surface area contributed by atoms with Crippen LogP contribution < -0.4 is 4.74 Å². The normalized spacial score (nSPS) is 10.9. The molecule has 0 spiro atoms. The third kappa shape index (κ3) is 2.20. The quantitative estimate of drug-likeness (QED) is 0.770. The van der Waals surface area contributed by atoms with E-state index < -0.39 is 5.60 Å². The molecule has 0 saturated heterocycles. The maximum atomic E-state index is 9.74. The van der Waals surface area contributed by atoms with E-state index in [1.807, 2.05) is 6.07 Å². The zero-order chi connectivity index (χ0) is 11.6. The van der Waals surface area contributed by atoms with Gasteiger partial charge in [0.25, 0.3) is 0 Å². The van der Waals surface area contributed by atoms with Crippen LogP contribution in [0, 0.1) is 11.3 Å². The summed E-state index contributed by atoms with van der Waals surface area (Å²) in [4.78, 5) is 0. The van der Waals surface area contributed by atoms with Gasteiger partial charge in [0, 0.05) is 0 Å². The van der Waals surface area contributed by atoms with Crippen LogP contribution in [0.4, 0.5) is 0 Å². The molecule has 1 aromatic rings. The smallest absolute Gasteiger partial charge is 0.178 e. The van der Waals surface area contributed by atoms with Gasteiger partial charge in [0.05, 0.1) is 18.3 Å². The highest BCUT2D eigenvalue weighted by molar-refractivity contribution is 5.54. The molecule has 0 aliphatic carbocycles. The van der Waals surface area contributed by atoms with Crippen molar-refractivity contribution in [2.75, 3.05) is 7.11 Å². The summed E-state index contributed by atoms with van der Waals surface area (Å²) in [6, 6.07) is 4.79. The molecule has 15 heavy (non-hydrogen) atoms. The Bertz CT molecular complexity index is 413. The number of nitriles is 1. The molecular weight excluding hydrogens is 194 g/mol. The molecule has 0 atom stereocenters. The summed E-state index contributed by atoms with van der Waals surface area (Å²) in [5.41, 5.74) is -0.429. The molecule has 0 aliphatic rings. The summed E-state index contributed by atoms with van der Waals surface area (Å²) in [6.07, 6.45) is 0. The SMILES string of the molecule is COc1c(O)cc(C(C)(C)O)cc1C#N. The van der Waals surface area contributed by atoms with Crippen molar-refractivity contribution < 1.29 is 14.9 Å². The summed E-state index contributed by atoms with van der Waals surface area (Å²) >= 11 is 0. The first-order valence-corrected chi connectivity index (χ1v) is 4.44. The summed E-state index contributed by atoms with van der Waals surface area (Å²) in [7, 11) is 1.37. The second-order valence-corrected chi connectivity index (χ2v) is 3.75. The van der Waals surface area contributed by atoms with Crippen LogP contribution in [0.5, 0.6) is 11.5 Å². The summed E-state index contributed by atoms with van der Waals surface area (Å²) in [5.74, 6) is -0.0147. The molecule has 0 saturated carbocycles. The number of aromatic hydroxyl groups is 1. The maximum absolute atomic E-state index is 9.74.